The first-order chi connectivity index (χ1) is 12.2. The number of halogens is 1. The molecule has 2 amide bonds. The summed E-state index contributed by atoms with van der Waals surface area (Å²) in [4.78, 5) is 16.5. The number of carbonyl (C=O) groups excluding carboxylic acids is 1. The van der Waals surface area contributed by atoms with Crippen LogP contribution in [0.5, 0.6) is 0 Å². The Balaban J connectivity index is 1.72. The molecule has 0 radical (unpaired) electrons. The van der Waals surface area contributed by atoms with Gasteiger partial charge in [0, 0.05) is 30.0 Å². The maximum Gasteiger partial charge on any atom is 0.319 e. The average Bonchev–Trinajstić information content (AvgIpc) is 2.65. The van der Waals surface area contributed by atoms with E-state index in [-0.39, 0.29) is 17.8 Å². The van der Waals surface area contributed by atoms with Crippen molar-refractivity contribution in [1.29, 1.82) is 0 Å². The second kappa shape index (κ2) is 8.06. The number of aromatic nitrogens is 1. The fourth-order valence-corrected chi connectivity index (χ4v) is 2.56. The summed E-state index contributed by atoms with van der Waals surface area (Å²) in [6, 6.07) is 20.8. The second-order valence-corrected chi connectivity index (χ2v) is 5.56. The van der Waals surface area contributed by atoms with Gasteiger partial charge in [0.05, 0.1) is 0 Å². The number of hydrogen-bond donors (Lipinski definition) is 2. The van der Waals surface area contributed by atoms with Gasteiger partial charge in [-0.1, -0.05) is 36.4 Å². The molecule has 0 spiro atoms. The Morgan fingerprint density at radius 3 is 2.36 bits per heavy atom. The lowest BCUT2D eigenvalue weighted by Gasteiger charge is -2.18. The molecule has 2 aromatic carbocycles. The van der Waals surface area contributed by atoms with Crippen molar-refractivity contribution in [1.82, 2.24) is 10.3 Å². The standard InChI is InChI=1S/C20H18FN3O/c21-16-11-9-15(10-12-16)18(19-8-4-5-13-22-19)14-23-20(25)24-17-6-2-1-3-7-17/h1-13,18H,14H2,(H2,23,24,25). The lowest BCUT2D eigenvalue weighted by molar-refractivity contribution is 0.251. The number of urea groups is 1. The molecule has 3 aromatic rings. The Morgan fingerprint density at radius 2 is 1.68 bits per heavy atom. The van der Waals surface area contributed by atoms with Gasteiger partial charge in [-0.3, -0.25) is 4.98 Å². The number of benzene rings is 2. The van der Waals surface area contributed by atoms with Crippen LogP contribution in [0.3, 0.4) is 0 Å². The molecule has 1 unspecified atom stereocenters. The van der Waals surface area contributed by atoms with Gasteiger partial charge >= 0.3 is 6.03 Å². The van der Waals surface area contributed by atoms with Gasteiger partial charge in [-0.15, -0.1) is 0 Å². The lowest BCUT2D eigenvalue weighted by atomic mass is 9.95. The molecule has 0 fully saturated rings. The highest BCUT2D eigenvalue weighted by Crippen LogP contribution is 2.22. The molecule has 0 saturated heterocycles. The summed E-state index contributed by atoms with van der Waals surface area (Å²) in [5.41, 5.74) is 2.42. The van der Waals surface area contributed by atoms with Gasteiger partial charge in [-0.2, -0.15) is 0 Å². The molecule has 0 aliphatic heterocycles. The van der Waals surface area contributed by atoms with E-state index < -0.39 is 0 Å². The van der Waals surface area contributed by atoms with E-state index in [4.69, 9.17) is 0 Å². The fraction of sp³-hybridized carbons (Fsp3) is 0.100. The highest BCUT2D eigenvalue weighted by molar-refractivity contribution is 5.89. The van der Waals surface area contributed by atoms with Crippen molar-refractivity contribution in [2.24, 2.45) is 0 Å². The van der Waals surface area contributed by atoms with E-state index in [0.29, 0.717) is 6.54 Å². The minimum Gasteiger partial charge on any atom is -0.337 e. The maximum absolute atomic E-state index is 13.2. The largest absolute Gasteiger partial charge is 0.337 e. The molecule has 1 heterocycles. The van der Waals surface area contributed by atoms with Gasteiger partial charge < -0.3 is 10.6 Å². The first-order valence-corrected chi connectivity index (χ1v) is 7.98. The van der Waals surface area contributed by atoms with Gasteiger partial charge in [0.1, 0.15) is 5.82 Å². The predicted molar refractivity (Wildman–Crippen MR) is 95.9 cm³/mol. The van der Waals surface area contributed by atoms with E-state index in [1.165, 1.54) is 12.1 Å². The molecular formula is C20H18FN3O. The van der Waals surface area contributed by atoms with Crippen LogP contribution in [0, 0.1) is 5.82 Å². The van der Waals surface area contributed by atoms with Gasteiger partial charge in [0.15, 0.2) is 0 Å². The van der Waals surface area contributed by atoms with Crippen LogP contribution >= 0.6 is 0 Å². The summed E-state index contributed by atoms with van der Waals surface area (Å²) in [6.07, 6.45) is 1.70. The molecule has 0 bridgehead atoms. The summed E-state index contributed by atoms with van der Waals surface area (Å²) in [7, 11) is 0. The zero-order chi connectivity index (χ0) is 17.5. The molecule has 0 aliphatic rings. The molecule has 5 heteroatoms. The van der Waals surface area contributed by atoms with Crippen LogP contribution in [0.25, 0.3) is 0 Å². The minimum absolute atomic E-state index is 0.164. The minimum atomic E-state index is -0.297. The summed E-state index contributed by atoms with van der Waals surface area (Å²) in [5.74, 6) is -0.457. The molecule has 3 rings (SSSR count). The van der Waals surface area contributed by atoms with Crippen LogP contribution < -0.4 is 10.6 Å². The fourth-order valence-electron chi connectivity index (χ4n) is 2.56. The number of amides is 2. The van der Waals surface area contributed by atoms with Crippen molar-refractivity contribution in [3.05, 3.63) is 96.1 Å². The Kier molecular flexibility index (Phi) is 5.36. The SMILES string of the molecule is O=C(NCC(c1ccc(F)cc1)c1ccccn1)Nc1ccccc1. The van der Waals surface area contributed by atoms with E-state index in [2.05, 4.69) is 15.6 Å². The molecule has 4 nitrogen and oxygen atoms in total. The van der Waals surface area contributed by atoms with Crippen molar-refractivity contribution in [3.8, 4) is 0 Å². The Morgan fingerprint density at radius 1 is 0.960 bits per heavy atom. The van der Waals surface area contributed by atoms with E-state index in [9.17, 15) is 9.18 Å². The van der Waals surface area contributed by atoms with E-state index in [0.717, 1.165) is 16.9 Å². The summed E-state index contributed by atoms with van der Waals surface area (Å²) >= 11 is 0. The van der Waals surface area contributed by atoms with Gasteiger partial charge in [-0.05, 0) is 42.0 Å². The second-order valence-electron chi connectivity index (χ2n) is 5.56. The normalized spacial score (nSPS) is 11.6. The highest BCUT2D eigenvalue weighted by Gasteiger charge is 2.16. The molecule has 1 atom stereocenters. The zero-order valence-electron chi connectivity index (χ0n) is 13.5. The topological polar surface area (TPSA) is 54.0 Å². The first-order valence-electron chi connectivity index (χ1n) is 7.98. The van der Waals surface area contributed by atoms with Gasteiger partial charge in [-0.25, -0.2) is 9.18 Å². The number of nitrogens with zero attached hydrogens (tertiary/aromatic N) is 1. The number of para-hydroxylation sites is 1. The van der Waals surface area contributed by atoms with Crippen molar-refractivity contribution < 1.29 is 9.18 Å². The van der Waals surface area contributed by atoms with E-state index in [1.807, 2.05) is 48.5 Å². The number of hydrogen-bond acceptors (Lipinski definition) is 2. The van der Waals surface area contributed by atoms with Gasteiger partial charge in [0.25, 0.3) is 0 Å². The van der Waals surface area contributed by atoms with Crippen molar-refractivity contribution in [3.63, 3.8) is 0 Å². The molecule has 126 valence electrons. The van der Waals surface area contributed by atoms with Crippen LogP contribution in [0.1, 0.15) is 17.2 Å². The van der Waals surface area contributed by atoms with Crippen LogP contribution in [0.15, 0.2) is 79.0 Å². The number of pyridine rings is 1. The van der Waals surface area contributed by atoms with E-state index in [1.54, 1.807) is 18.3 Å². The van der Waals surface area contributed by atoms with Gasteiger partial charge in [0.2, 0.25) is 0 Å². The quantitative estimate of drug-likeness (QED) is 0.735. The first kappa shape index (κ1) is 16.6. The molecule has 0 saturated carbocycles. The molecule has 1 aromatic heterocycles. The lowest BCUT2D eigenvalue weighted by Crippen LogP contribution is -2.33. The van der Waals surface area contributed by atoms with Crippen LogP contribution in [-0.2, 0) is 0 Å². The zero-order valence-corrected chi connectivity index (χ0v) is 13.5. The Hall–Kier alpha value is -3.21. The van der Waals surface area contributed by atoms with Crippen LogP contribution in [0.2, 0.25) is 0 Å². The molecular weight excluding hydrogens is 317 g/mol. The number of rotatable bonds is 5. The monoisotopic (exact) mass is 335 g/mol. The Labute approximate surface area is 145 Å². The molecule has 0 aliphatic carbocycles. The smallest absolute Gasteiger partial charge is 0.319 e. The predicted octanol–water partition coefficient (Wildman–Crippen LogP) is 4.17. The summed E-state index contributed by atoms with van der Waals surface area (Å²) in [5, 5.41) is 5.64. The highest BCUT2D eigenvalue weighted by atomic mass is 19.1. The van der Waals surface area contributed by atoms with Crippen molar-refractivity contribution in [2.45, 2.75) is 5.92 Å². The van der Waals surface area contributed by atoms with Crippen molar-refractivity contribution in [2.75, 3.05) is 11.9 Å². The van der Waals surface area contributed by atoms with E-state index >= 15 is 0 Å². The molecule has 2 N–H and O–H groups in total. The maximum atomic E-state index is 13.2. The number of carbonyl (C=O) groups is 1. The number of nitrogens with one attached hydrogen (secondary N) is 2. The van der Waals surface area contributed by atoms with Crippen LogP contribution in [-0.4, -0.2) is 17.6 Å². The van der Waals surface area contributed by atoms with Crippen molar-refractivity contribution >= 4 is 11.7 Å². The third-order valence-corrected chi connectivity index (χ3v) is 3.82. The summed E-state index contributed by atoms with van der Waals surface area (Å²) in [6.45, 7) is 0.349. The van der Waals surface area contributed by atoms with Crippen LogP contribution in [0.4, 0.5) is 14.9 Å². The third-order valence-electron chi connectivity index (χ3n) is 3.82. The molecule has 25 heavy (non-hydrogen) atoms. The average molecular weight is 335 g/mol. The third kappa shape index (κ3) is 4.64. The summed E-state index contributed by atoms with van der Waals surface area (Å²) < 4.78 is 13.2. The number of anilines is 1. The Bertz CT molecular complexity index is 807.